The van der Waals surface area contributed by atoms with Crippen LogP contribution in [0.5, 0.6) is 0 Å². The number of rotatable bonds is 1. The molecular formula is C11H13NS2. The van der Waals surface area contributed by atoms with Gasteiger partial charge in [-0.15, -0.1) is 22.7 Å². The molecule has 0 aliphatic rings. The molecule has 2 rings (SSSR count). The first-order valence-electron chi connectivity index (χ1n) is 4.57. The van der Waals surface area contributed by atoms with Gasteiger partial charge in [0, 0.05) is 10.8 Å². The quantitative estimate of drug-likeness (QED) is 0.707. The Balaban J connectivity index is 2.36. The van der Waals surface area contributed by atoms with Gasteiger partial charge in [-0.1, -0.05) is 26.8 Å². The molecule has 0 saturated heterocycles. The minimum Gasteiger partial charge on any atom is -0.240 e. The molecule has 0 aliphatic heterocycles. The summed E-state index contributed by atoms with van der Waals surface area (Å²) in [4.78, 5) is 5.91. The Morgan fingerprint density at radius 2 is 2.00 bits per heavy atom. The van der Waals surface area contributed by atoms with E-state index in [1.165, 1.54) is 9.88 Å². The van der Waals surface area contributed by atoms with Gasteiger partial charge in [-0.2, -0.15) is 0 Å². The number of aromatic nitrogens is 1. The molecule has 2 aromatic rings. The van der Waals surface area contributed by atoms with E-state index >= 15 is 0 Å². The molecule has 0 atom stereocenters. The topological polar surface area (TPSA) is 12.9 Å². The highest BCUT2D eigenvalue weighted by Gasteiger charge is 2.18. The average Bonchev–Trinajstić information content (AvgIpc) is 2.73. The van der Waals surface area contributed by atoms with Crippen molar-refractivity contribution >= 4 is 22.7 Å². The number of hydrogen-bond acceptors (Lipinski definition) is 3. The van der Waals surface area contributed by atoms with Crippen molar-refractivity contribution in [2.75, 3.05) is 0 Å². The fourth-order valence-corrected chi connectivity index (χ4v) is 2.82. The van der Waals surface area contributed by atoms with Gasteiger partial charge in [-0.3, -0.25) is 0 Å². The Morgan fingerprint density at radius 3 is 2.50 bits per heavy atom. The van der Waals surface area contributed by atoms with Crippen molar-refractivity contribution in [2.24, 2.45) is 0 Å². The van der Waals surface area contributed by atoms with E-state index in [1.54, 1.807) is 22.7 Å². The lowest BCUT2D eigenvalue weighted by molar-refractivity contribution is 0.586. The molecule has 0 bridgehead atoms. The molecule has 74 valence electrons. The van der Waals surface area contributed by atoms with E-state index in [9.17, 15) is 0 Å². The van der Waals surface area contributed by atoms with E-state index in [0.29, 0.717) is 0 Å². The second-order valence-corrected chi connectivity index (χ2v) is 6.07. The van der Waals surface area contributed by atoms with Gasteiger partial charge in [-0.25, -0.2) is 4.98 Å². The van der Waals surface area contributed by atoms with Crippen LogP contribution in [0.2, 0.25) is 0 Å². The number of nitrogens with zero attached hydrogens (tertiary/aromatic N) is 1. The largest absolute Gasteiger partial charge is 0.240 e. The molecule has 3 heteroatoms. The van der Waals surface area contributed by atoms with Crippen molar-refractivity contribution in [3.63, 3.8) is 0 Å². The van der Waals surface area contributed by atoms with Gasteiger partial charge in [-0.05, 0) is 11.4 Å². The molecule has 1 nitrogen and oxygen atoms in total. The molecule has 0 spiro atoms. The highest BCUT2D eigenvalue weighted by molar-refractivity contribution is 7.14. The molecular weight excluding hydrogens is 210 g/mol. The molecule has 0 unspecified atom stereocenters. The molecule has 0 aliphatic carbocycles. The Bertz CT molecular complexity index is 407. The summed E-state index contributed by atoms with van der Waals surface area (Å²) < 4.78 is 0. The van der Waals surface area contributed by atoms with Gasteiger partial charge in [0.15, 0.2) is 0 Å². The minimum atomic E-state index is 0.167. The summed E-state index contributed by atoms with van der Waals surface area (Å²) in [5.41, 5.74) is 1.29. The monoisotopic (exact) mass is 223 g/mol. The maximum atomic E-state index is 4.65. The standard InChI is InChI=1S/C11H13NS2/c1-11(2,3)10-12-8(7-14-10)9-5-4-6-13-9/h4-7H,1-3H3. The normalized spacial score (nSPS) is 11.9. The first kappa shape index (κ1) is 9.87. The Morgan fingerprint density at radius 1 is 1.21 bits per heavy atom. The van der Waals surface area contributed by atoms with Gasteiger partial charge in [0.1, 0.15) is 0 Å². The summed E-state index contributed by atoms with van der Waals surface area (Å²) in [6.07, 6.45) is 0. The maximum absolute atomic E-state index is 4.65. The van der Waals surface area contributed by atoms with Crippen LogP contribution < -0.4 is 0 Å². The zero-order valence-corrected chi connectivity index (χ0v) is 10.2. The predicted molar refractivity (Wildman–Crippen MR) is 64.1 cm³/mol. The van der Waals surface area contributed by atoms with Crippen molar-refractivity contribution in [3.05, 3.63) is 27.9 Å². The van der Waals surface area contributed by atoms with Crippen molar-refractivity contribution in [3.8, 4) is 10.6 Å². The molecule has 0 N–H and O–H groups in total. The summed E-state index contributed by atoms with van der Waals surface area (Å²) in [7, 11) is 0. The number of thiazole rings is 1. The third-order valence-corrected chi connectivity index (χ3v) is 4.08. The molecule has 2 heterocycles. The third kappa shape index (κ3) is 1.88. The fourth-order valence-electron chi connectivity index (χ4n) is 1.16. The van der Waals surface area contributed by atoms with E-state index in [0.717, 1.165) is 5.69 Å². The van der Waals surface area contributed by atoms with Crippen LogP contribution >= 0.6 is 22.7 Å². The smallest absolute Gasteiger partial charge is 0.0986 e. The Labute approximate surface area is 92.4 Å². The summed E-state index contributed by atoms with van der Waals surface area (Å²) in [5.74, 6) is 0. The van der Waals surface area contributed by atoms with E-state index in [-0.39, 0.29) is 5.41 Å². The van der Waals surface area contributed by atoms with Gasteiger partial charge in [0.05, 0.1) is 15.6 Å². The molecule has 0 radical (unpaired) electrons. The van der Waals surface area contributed by atoms with E-state index in [4.69, 9.17) is 0 Å². The molecule has 0 aromatic carbocycles. The molecule has 14 heavy (non-hydrogen) atoms. The van der Waals surface area contributed by atoms with Crippen LogP contribution in [0.25, 0.3) is 10.6 Å². The Kier molecular flexibility index (Phi) is 2.45. The van der Waals surface area contributed by atoms with Crippen LogP contribution in [0.4, 0.5) is 0 Å². The van der Waals surface area contributed by atoms with Crippen molar-refractivity contribution < 1.29 is 0 Å². The lowest BCUT2D eigenvalue weighted by Crippen LogP contribution is -2.10. The van der Waals surface area contributed by atoms with Crippen molar-refractivity contribution in [1.82, 2.24) is 4.98 Å². The zero-order chi connectivity index (χ0) is 10.2. The number of hydrogen-bond donors (Lipinski definition) is 0. The third-order valence-electron chi connectivity index (χ3n) is 1.92. The second-order valence-electron chi connectivity index (χ2n) is 4.27. The summed E-state index contributed by atoms with van der Waals surface area (Å²) >= 11 is 3.49. The fraction of sp³-hybridized carbons (Fsp3) is 0.364. The highest BCUT2D eigenvalue weighted by atomic mass is 32.1. The molecule has 2 aromatic heterocycles. The average molecular weight is 223 g/mol. The van der Waals surface area contributed by atoms with Gasteiger partial charge in [0.25, 0.3) is 0 Å². The highest BCUT2D eigenvalue weighted by Crippen LogP contribution is 2.31. The lowest BCUT2D eigenvalue weighted by atomic mass is 9.98. The molecule has 0 fully saturated rings. The first-order valence-corrected chi connectivity index (χ1v) is 6.33. The van der Waals surface area contributed by atoms with Gasteiger partial charge < -0.3 is 0 Å². The van der Waals surface area contributed by atoms with Crippen LogP contribution in [0.15, 0.2) is 22.9 Å². The van der Waals surface area contributed by atoms with E-state index in [2.05, 4.69) is 48.6 Å². The van der Waals surface area contributed by atoms with E-state index in [1.807, 2.05) is 0 Å². The minimum absolute atomic E-state index is 0.167. The van der Waals surface area contributed by atoms with Crippen LogP contribution in [0, 0.1) is 0 Å². The maximum Gasteiger partial charge on any atom is 0.0986 e. The zero-order valence-electron chi connectivity index (χ0n) is 8.57. The molecule has 0 amide bonds. The second kappa shape index (κ2) is 3.48. The van der Waals surface area contributed by atoms with Gasteiger partial charge >= 0.3 is 0 Å². The van der Waals surface area contributed by atoms with Crippen molar-refractivity contribution in [2.45, 2.75) is 26.2 Å². The predicted octanol–water partition coefficient (Wildman–Crippen LogP) is 4.17. The summed E-state index contributed by atoms with van der Waals surface area (Å²) in [6.45, 7) is 6.60. The van der Waals surface area contributed by atoms with E-state index < -0.39 is 0 Å². The SMILES string of the molecule is CC(C)(C)c1nc(-c2cccs2)cs1. The molecule has 0 saturated carbocycles. The number of thiophene rings is 1. The van der Waals surface area contributed by atoms with Crippen LogP contribution in [0.1, 0.15) is 25.8 Å². The van der Waals surface area contributed by atoms with Crippen LogP contribution in [-0.4, -0.2) is 4.98 Å². The van der Waals surface area contributed by atoms with Crippen molar-refractivity contribution in [1.29, 1.82) is 0 Å². The summed E-state index contributed by atoms with van der Waals surface area (Å²) in [6, 6.07) is 4.18. The van der Waals surface area contributed by atoms with Crippen LogP contribution in [0.3, 0.4) is 0 Å². The Hall–Kier alpha value is -0.670. The summed E-state index contributed by atoms with van der Waals surface area (Å²) in [5, 5.41) is 5.44. The van der Waals surface area contributed by atoms with Gasteiger partial charge in [0.2, 0.25) is 0 Å². The first-order chi connectivity index (χ1) is 6.57. The van der Waals surface area contributed by atoms with Crippen LogP contribution in [-0.2, 0) is 5.41 Å². The lowest BCUT2D eigenvalue weighted by Gasteiger charge is -2.13.